The lowest BCUT2D eigenvalue weighted by Gasteiger charge is -2.03. The molecule has 22 heavy (non-hydrogen) atoms. The van der Waals surface area contributed by atoms with Crippen LogP contribution in [0.5, 0.6) is 0 Å². The number of carbonyl (C=O) groups is 1. The van der Waals surface area contributed by atoms with Crippen molar-refractivity contribution < 1.29 is 9.21 Å². The van der Waals surface area contributed by atoms with Gasteiger partial charge in [-0.2, -0.15) is 5.10 Å². The van der Waals surface area contributed by atoms with E-state index in [-0.39, 0.29) is 11.7 Å². The Balaban J connectivity index is 1.70. The highest BCUT2D eigenvalue weighted by molar-refractivity contribution is 9.10. The molecule has 5 nitrogen and oxygen atoms in total. The van der Waals surface area contributed by atoms with E-state index in [0.717, 1.165) is 20.8 Å². The van der Waals surface area contributed by atoms with Crippen LogP contribution in [-0.2, 0) is 0 Å². The maximum Gasteiger partial charge on any atom is 0.291 e. The summed E-state index contributed by atoms with van der Waals surface area (Å²) in [5.41, 5.74) is 2.13. The first-order valence-corrected chi connectivity index (χ1v) is 7.42. The molecular formula is C16H10BrN3O2. The van der Waals surface area contributed by atoms with E-state index in [2.05, 4.69) is 31.4 Å². The number of rotatable bonds is 2. The minimum Gasteiger partial charge on any atom is -0.451 e. The maximum absolute atomic E-state index is 12.4. The zero-order valence-corrected chi connectivity index (χ0v) is 12.8. The number of amides is 1. The van der Waals surface area contributed by atoms with Crippen LogP contribution >= 0.6 is 15.9 Å². The summed E-state index contributed by atoms with van der Waals surface area (Å²) < 4.78 is 6.53. The van der Waals surface area contributed by atoms with Crippen LogP contribution < -0.4 is 5.32 Å². The van der Waals surface area contributed by atoms with Gasteiger partial charge < -0.3 is 9.73 Å². The van der Waals surface area contributed by atoms with E-state index in [1.54, 1.807) is 12.3 Å². The van der Waals surface area contributed by atoms with Crippen LogP contribution in [0.2, 0.25) is 0 Å². The third kappa shape index (κ3) is 2.17. The van der Waals surface area contributed by atoms with Gasteiger partial charge >= 0.3 is 0 Å². The molecule has 2 N–H and O–H groups in total. The summed E-state index contributed by atoms with van der Waals surface area (Å²) >= 11 is 3.40. The van der Waals surface area contributed by atoms with Crippen LogP contribution in [0.15, 0.2) is 57.6 Å². The number of H-pyrrole nitrogens is 1. The molecule has 0 fully saturated rings. The number of furan rings is 1. The molecule has 108 valence electrons. The predicted molar refractivity (Wildman–Crippen MR) is 88.0 cm³/mol. The molecule has 0 spiro atoms. The van der Waals surface area contributed by atoms with Crippen LogP contribution in [0.4, 0.5) is 5.69 Å². The van der Waals surface area contributed by atoms with Gasteiger partial charge in [-0.25, -0.2) is 0 Å². The minimum absolute atomic E-state index is 0.268. The van der Waals surface area contributed by atoms with E-state index in [0.29, 0.717) is 11.3 Å². The van der Waals surface area contributed by atoms with Crippen molar-refractivity contribution in [3.63, 3.8) is 0 Å². The van der Waals surface area contributed by atoms with E-state index in [9.17, 15) is 4.79 Å². The average molecular weight is 356 g/mol. The molecule has 2 aromatic heterocycles. The Labute approximate surface area is 133 Å². The number of hydrogen-bond acceptors (Lipinski definition) is 3. The number of benzene rings is 2. The molecule has 0 aliphatic carbocycles. The molecule has 0 saturated carbocycles. The van der Waals surface area contributed by atoms with Gasteiger partial charge in [-0.05, 0) is 30.3 Å². The van der Waals surface area contributed by atoms with Crippen molar-refractivity contribution in [3.05, 3.63) is 58.9 Å². The number of aromatic amines is 1. The third-order valence-corrected chi connectivity index (χ3v) is 3.92. The third-order valence-electron chi connectivity index (χ3n) is 3.43. The minimum atomic E-state index is -0.297. The van der Waals surface area contributed by atoms with Gasteiger partial charge in [0.15, 0.2) is 5.76 Å². The highest BCUT2D eigenvalue weighted by Crippen LogP contribution is 2.25. The van der Waals surface area contributed by atoms with E-state index in [1.165, 1.54) is 0 Å². The van der Waals surface area contributed by atoms with E-state index in [1.807, 2.05) is 36.4 Å². The summed E-state index contributed by atoms with van der Waals surface area (Å²) in [6.07, 6.45) is 1.71. The van der Waals surface area contributed by atoms with Gasteiger partial charge in [0.25, 0.3) is 5.91 Å². The van der Waals surface area contributed by atoms with Crippen LogP contribution in [0.25, 0.3) is 21.9 Å². The monoisotopic (exact) mass is 355 g/mol. The number of fused-ring (bicyclic) bond motifs is 2. The molecular weight excluding hydrogens is 346 g/mol. The lowest BCUT2D eigenvalue weighted by molar-refractivity contribution is 0.0999. The Kier molecular flexibility index (Phi) is 2.97. The van der Waals surface area contributed by atoms with Gasteiger partial charge in [-0.1, -0.05) is 28.1 Å². The van der Waals surface area contributed by atoms with Crippen molar-refractivity contribution in [3.8, 4) is 0 Å². The number of anilines is 1. The molecule has 0 saturated heterocycles. The second-order valence-electron chi connectivity index (χ2n) is 4.89. The van der Waals surface area contributed by atoms with Gasteiger partial charge in [0, 0.05) is 15.2 Å². The number of halogens is 1. The molecule has 0 unspecified atom stereocenters. The largest absolute Gasteiger partial charge is 0.451 e. The van der Waals surface area contributed by atoms with Crippen LogP contribution in [-0.4, -0.2) is 16.1 Å². The molecule has 1 amide bonds. The number of nitrogens with zero attached hydrogens (tertiary/aromatic N) is 1. The lowest BCUT2D eigenvalue weighted by atomic mass is 10.2. The van der Waals surface area contributed by atoms with Crippen molar-refractivity contribution in [2.75, 3.05) is 5.32 Å². The zero-order chi connectivity index (χ0) is 15.1. The van der Waals surface area contributed by atoms with Crippen LogP contribution in [0, 0.1) is 0 Å². The van der Waals surface area contributed by atoms with E-state index < -0.39 is 0 Å². The molecule has 2 aromatic carbocycles. The van der Waals surface area contributed by atoms with Gasteiger partial charge in [0.05, 0.1) is 17.4 Å². The summed E-state index contributed by atoms with van der Waals surface area (Å²) in [7, 11) is 0. The zero-order valence-electron chi connectivity index (χ0n) is 11.3. The number of aromatic nitrogens is 2. The van der Waals surface area contributed by atoms with Crippen molar-refractivity contribution in [2.24, 2.45) is 0 Å². The molecule has 6 heteroatoms. The summed E-state index contributed by atoms with van der Waals surface area (Å²) in [6.45, 7) is 0. The fourth-order valence-electron chi connectivity index (χ4n) is 2.38. The van der Waals surface area contributed by atoms with E-state index >= 15 is 0 Å². The van der Waals surface area contributed by atoms with Gasteiger partial charge in [-0.3, -0.25) is 9.89 Å². The first-order valence-electron chi connectivity index (χ1n) is 6.63. The van der Waals surface area contributed by atoms with Gasteiger partial charge in [-0.15, -0.1) is 0 Å². The van der Waals surface area contributed by atoms with Crippen molar-refractivity contribution in [2.45, 2.75) is 0 Å². The molecule has 0 aliphatic rings. The normalized spacial score (nSPS) is 11.1. The van der Waals surface area contributed by atoms with Crippen molar-refractivity contribution >= 4 is 49.4 Å². The Hall–Kier alpha value is -2.60. The molecule has 2 heterocycles. The summed E-state index contributed by atoms with van der Waals surface area (Å²) in [4.78, 5) is 12.4. The van der Waals surface area contributed by atoms with Gasteiger partial charge in [0.1, 0.15) is 5.58 Å². The molecule has 4 rings (SSSR count). The standard InChI is InChI=1S/C16H10BrN3O2/c17-11-4-5-13-10(6-11)7-14(22-13)16(21)19-12-3-1-2-9-8-18-20-15(9)12/h1-8H,(H,18,20)(H,19,21). The predicted octanol–water partition coefficient (Wildman–Crippen LogP) is 4.32. The Morgan fingerprint density at radius 3 is 3.00 bits per heavy atom. The fourth-order valence-corrected chi connectivity index (χ4v) is 2.76. The molecule has 0 bridgehead atoms. The van der Waals surface area contributed by atoms with Crippen LogP contribution in [0.1, 0.15) is 10.6 Å². The van der Waals surface area contributed by atoms with Crippen LogP contribution in [0.3, 0.4) is 0 Å². The first-order chi connectivity index (χ1) is 10.7. The first kappa shape index (κ1) is 13.1. The van der Waals surface area contributed by atoms with Crippen molar-refractivity contribution in [1.29, 1.82) is 0 Å². The molecule has 4 aromatic rings. The number of nitrogens with one attached hydrogen (secondary N) is 2. The number of para-hydroxylation sites is 1. The second-order valence-corrected chi connectivity index (χ2v) is 5.80. The van der Waals surface area contributed by atoms with Gasteiger partial charge in [0.2, 0.25) is 0 Å². The fraction of sp³-hybridized carbons (Fsp3) is 0. The number of hydrogen-bond donors (Lipinski definition) is 2. The maximum atomic E-state index is 12.4. The summed E-state index contributed by atoms with van der Waals surface area (Å²) in [5.74, 6) is -0.0287. The average Bonchev–Trinajstić information content (AvgIpc) is 3.13. The van der Waals surface area contributed by atoms with E-state index in [4.69, 9.17) is 4.42 Å². The highest BCUT2D eigenvalue weighted by atomic mass is 79.9. The summed E-state index contributed by atoms with van der Waals surface area (Å²) in [5, 5.41) is 11.5. The summed E-state index contributed by atoms with van der Waals surface area (Å²) in [6, 6.07) is 12.9. The molecule has 0 aliphatic heterocycles. The SMILES string of the molecule is O=C(Nc1cccc2cn[nH]c12)c1cc2cc(Br)ccc2o1. The quantitative estimate of drug-likeness (QED) is 0.562. The molecule has 0 atom stereocenters. The molecule has 0 radical (unpaired) electrons. The highest BCUT2D eigenvalue weighted by Gasteiger charge is 2.14. The lowest BCUT2D eigenvalue weighted by Crippen LogP contribution is -2.11. The Morgan fingerprint density at radius 1 is 1.18 bits per heavy atom. The van der Waals surface area contributed by atoms with Crippen molar-refractivity contribution in [1.82, 2.24) is 10.2 Å². The smallest absolute Gasteiger partial charge is 0.291 e. The number of carbonyl (C=O) groups excluding carboxylic acids is 1. The Bertz CT molecular complexity index is 1000. The topological polar surface area (TPSA) is 70.9 Å². The Morgan fingerprint density at radius 2 is 2.09 bits per heavy atom. The second kappa shape index (κ2) is 4.99.